The number of aromatic nitrogens is 3. The number of nitrogens with zero attached hydrogens (tertiary/aromatic N) is 2. The molecule has 0 spiro atoms. The van der Waals surface area contributed by atoms with Crippen molar-refractivity contribution in [3.05, 3.63) is 48.3 Å². The van der Waals surface area contributed by atoms with Crippen LogP contribution in [0.1, 0.15) is 10.8 Å². The van der Waals surface area contributed by atoms with Crippen LogP contribution in [0, 0.1) is 0 Å². The molecule has 3 N–H and O–H groups in total. The van der Waals surface area contributed by atoms with Gasteiger partial charge in [-0.3, -0.25) is 4.98 Å². The van der Waals surface area contributed by atoms with E-state index in [-0.39, 0.29) is 5.25 Å². The van der Waals surface area contributed by atoms with Crippen LogP contribution in [0.4, 0.5) is 0 Å². The third kappa shape index (κ3) is 3.01. The molecule has 0 saturated heterocycles. The number of benzene rings is 1. The molecule has 1 aromatic carbocycles. The van der Waals surface area contributed by atoms with Crippen molar-refractivity contribution in [2.24, 2.45) is 5.73 Å². The number of aromatic amines is 1. The van der Waals surface area contributed by atoms with Gasteiger partial charge in [-0.1, -0.05) is 11.8 Å². The number of methoxy groups -OCH3 is 1. The van der Waals surface area contributed by atoms with Crippen molar-refractivity contribution in [3.63, 3.8) is 0 Å². The van der Waals surface area contributed by atoms with Gasteiger partial charge in [-0.2, -0.15) is 0 Å². The first kappa shape index (κ1) is 13.9. The Balaban J connectivity index is 1.86. The van der Waals surface area contributed by atoms with E-state index >= 15 is 0 Å². The minimum absolute atomic E-state index is 0.149. The second-order valence-electron chi connectivity index (χ2n) is 4.55. The van der Waals surface area contributed by atoms with Crippen molar-refractivity contribution in [2.45, 2.75) is 10.4 Å². The molecule has 21 heavy (non-hydrogen) atoms. The molecule has 0 aliphatic rings. The summed E-state index contributed by atoms with van der Waals surface area (Å²) in [6, 6.07) is 9.75. The maximum absolute atomic E-state index is 5.89. The van der Waals surface area contributed by atoms with Crippen molar-refractivity contribution in [3.8, 4) is 5.75 Å². The van der Waals surface area contributed by atoms with Gasteiger partial charge in [-0.15, -0.1) is 0 Å². The lowest BCUT2D eigenvalue weighted by molar-refractivity contribution is 0.415. The maximum Gasteiger partial charge on any atom is 0.167 e. The number of hydrogen-bond donors (Lipinski definition) is 2. The van der Waals surface area contributed by atoms with Crippen molar-refractivity contribution < 1.29 is 4.74 Å². The number of fused-ring (bicyclic) bond motifs is 1. The molecule has 3 rings (SSSR count). The minimum Gasteiger partial charge on any atom is -0.497 e. The van der Waals surface area contributed by atoms with Gasteiger partial charge in [0.15, 0.2) is 5.16 Å². The summed E-state index contributed by atoms with van der Waals surface area (Å²) in [6.45, 7) is 0.537. The molecule has 0 amide bonds. The molecule has 0 aliphatic carbocycles. The number of nitrogens with two attached hydrogens (primary N) is 1. The molecule has 0 bridgehead atoms. The van der Waals surface area contributed by atoms with Gasteiger partial charge in [-0.05, 0) is 29.8 Å². The summed E-state index contributed by atoms with van der Waals surface area (Å²) in [5.41, 5.74) is 8.92. The van der Waals surface area contributed by atoms with Crippen LogP contribution in [0.25, 0.3) is 11.0 Å². The van der Waals surface area contributed by atoms with E-state index in [0.29, 0.717) is 6.54 Å². The Hall–Kier alpha value is -2.05. The van der Waals surface area contributed by atoms with Gasteiger partial charge in [-0.25, -0.2) is 4.98 Å². The molecule has 3 aromatic rings. The molecule has 6 heteroatoms. The summed E-state index contributed by atoms with van der Waals surface area (Å²) in [6.07, 6.45) is 3.56. The second-order valence-corrected chi connectivity index (χ2v) is 5.74. The third-order valence-electron chi connectivity index (χ3n) is 3.21. The van der Waals surface area contributed by atoms with Crippen molar-refractivity contribution in [1.82, 2.24) is 15.0 Å². The lowest BCUT2D eigenvalue weighted by Crippen LogP contribution is -2.09. The summed E-state index contributed by atoms with van der Waals surface area (Å²) in [5.74, 6) is 0.812. The monoisotopic (exact) mass is 300 g/mol. The summed E-state index contributed by atoms with van der Waals surface area (Å²) in [7, 11) is 1.65. The van der Waals surface area contributed by atoms with Crippen LogP contribution in [0.3, 0.4) is 0 Å². The molecule has 2 aromatic heterocycles. The highest BCUT2D eigenvalue weighted by Crippen LogP contribution is 2.33. The Bertz CT molecular complexity index is 729. The molecule has 0 radical (unpaired) electrons. The Morgan fingerprint density at radius 3 is 2.81 bits per heavy atom. The van der Waals surface area contributed by atoms with Gasteiger partial charge in [0.1, 0.15) is 5.75 Å². The van der Waals surface area contributed by atoms with Gasteiger partial charge < -0.3 is 15.5 Å². The normalized spacial score (nSPS) is 12.5. The zero-order valence-corrected chi connectivity index (χ0v) is 12.4. The van der Waals surface area contributed by atoms with E-state index in [4.69, 9.17) is 10.5 Å². The Labute approximate surface area is 126 Å². The molecule has 108 valence electrons. The first-order chi connectivity index (χ1) is 10.3. The van der Waals surface area contributed by atoms with E-state index < -0.39 is 0 Å². The van der Waals surface area contributed by atoms with E-state index in [1.807, 2.05) is 30.3 Å². The maximum atomic E-state index is 5.89. The smallest absolute Gasteiger partial charge is 0.167 e. The van der Waals surface area contributed by atoms with E-state index in [0.717, 1.165) is 27.5 Å². The number of imidazole rings is 1. The molecular formula is C15H16N4OS. The molecule has 5 nitrogen and oxygen atoms in total. The number of ether oxygens (including phenoxy) is 1. The summed E-state index contributed by atoms with van der Waals surface area (Å²) < 4.78 is 5.22. The largest absolute Gasteiger partial charge is 0.497 e. The van der Waals surface area contributed by atoms with E-state index in [1.165, 1.54) is 0 Å². The number of H-pyrrole nitrogens is 1. The quantitative estimate of drug-likeness (QED) is 0.709. The highest BCUT2D eigenvalue weighted by molar-refractivity contribution is 7.99. The lowest BCUT2D eigenvalue weighted by Gasteiger charge is -2.12. The standard InChI is InChI=1S/C15H16N4OS/c1-20-11-2-3-12-13(8-11)19-15(18-12)21-14(9-16)10-4-6-17-7-5-10/h2-8,14H,9,16H2,1H3,(H,18,19). The van der Waals surface area contributed by atoms with Gasteiger partial charge >= 0.3 is 0 Å². The Morgan fingerprint density at radius 2 is 2.10 bits per heavy atom. The lowest BCUT2D eigenvalue weighted by atomic mass is 10.2. The predicted molar refractivity (Wildman–Crippen MR) is 84.5 cm³/mol. The number of pyridine rings is 1. The van der Waals surface area contributed by atoms with Crippen molar-refractivity contribution in [1.29, 1.82) is 0 Å². The SMILES string of the molecule is COc1ccc2nc(SC(CN)c3ccncc3)[nH]c2c1. The topological polar surface area (TPSA) is 76.8 Å². The van der Waals surface area contributed by atoms with E-state index in [2.05, 4.69) is 15.0 Å². The third-order valence-corrected chi connectivity index (χ3v) is 4.38. The fraction of sp³-hybridized carbons (Fsp3) is 0.200. The zero-order chi connectivity index (χ0) is 14.7. The van der Waals surface area contributed by atoms with Crippen LogP contribution in [0.2, 0.25) is 0 Å². The molecule has 0 aliphatic heterocycles. The predicted octanol–water partition coefficient (Wildman–Crippen LogP) is 2.76. The second kappa shape index (κ2) is 6.15. The van der Waals surface area contributed by atoms with Crippen LogP contribution >= 0.6 is 11.8 Å². The minimum atomic E-state index is 0.149. The first-order valence-electron chi connectivity index (χ1n) is 6.60. The van der Waals surface area contributed by atoms with Crippen LogP contribution in [-0.4, -0.2) is 28.6 Å². The van der Waals surface area contributed by atoms with Crippen LogP contribution in [-0.2, 0) is 0 Å². The van der Waals surface area contributed by atoms with Crippen LogP contribution < -0.4 is 10.5 Å². The zero-order valence-electron chi connectivity index (χ0n) is 11.6. The van der Waals surface area contributed by atoms with Gasteiger partial charge in [0.25, 0.3) is 0 Å². The Kier molecular flexibility index (Phi) is 4.08. The highest BCUT2D eigenvalue weighted by Gasteiger charge is 2.14. The number of rotatable bonds is 5. The average molecular weight is 300 g/mol. The average Bonchev–Trinajstić information content (AvgIpc) is 2.94. The van der Waals surface area contributed by atoms with Gasteiger partial charge in [0, 0.05) is 30.3 Å². The van der Waals surface area contributed by atoms with Crippen LogP contribution in [0.15, 0.2) is 47.9 Å². The van der Waals surface area contributed by atoms with E-state index in [9.17, 15) is 0 Å². The molecule has 0 saturated carbocycles. The molecule has 0 fully saturated rings. The fourth-order valence-corrected chi connectivity index (χ4v) is 3.09. The summed E-state index contributed by atoms with van der Waals surface area (Å²) in [5, 5.41) is 1.00. The molecule has 2 heterocycles. The molecular weight excluding hydrogens is 284 g/mol. The van der Waals surface area contributed by atoms with Crippen molar-refractivity contribution >= 4 is 22.8 Å². The molecule has 1 atom stereocenters. The summed E-state index contributed by atoms with van der Waals surface area (Å²) >= 11 is 1.62. The number of thioether (sulfide) groups is 1. The summed E-state index contributed by atoms with van der Waals surface area (Å²) in [4.78, 5) is 11.9. The first-order valence-corrected chi connectivity index (χ1v) is 7.48. The number of hydrogen-bond acceptors (Lipinski definition) is 5. The van der Waals surface area contributed by atoms with Crippen LogP contribution in [0.5, 0.6) is 5.75 Å². The highest BCUT2D eigenvalue weighted by atomic mass is 32.2. The van der Waals surface area contributed by atoms with Crippen molar-refractivity contribution in [2.75, 3.05) is 13.7 Å². The van der Waals surface area contributed by atoms with Gasteiger partial charge in [0.2, 0.25) is 0 Å². The molecule has 1 unspecified atom stereocenters. The van der Waals surface area contributed by atoms with E-state index in [1.54, 1.807) is 31.3 Å². The van der Waals surface area contributed by atoms with Gasteiger partial charge in [0.05, 0.1) is 18.1 Å². The number of nitrogens with one attached hydrogen (secondary N) is 1. The fourth-order valence-electron chi connectivity index (χ4n) is 2.11. The Morgan fingerprint density at radius 1 is 1.29 bits per heavy atom.